The Hall–Kier alpha value is -1.23. The van der Waals surface area contributed by atoms with E-state index in [1.165, 1.54) is 0 Å². The number of nitrogens with one attached hydrogen (secondary N) is 2. The smallest absolute Gasteiger partial charge is 0.243 e. The second-order valence-electron chi connectivity index (χ2n) is 4.51. The molecule has 0 aromatic heterocycles. The Morgan fingerprint density at radius 2 is 1.90 bits per heavy atom. The van der Waals surface area contributed by atoms with Crippen molar-refractivity contribution in [2.24, 2.45) is 0 Å². The molecule has 2 N–H and O–H groups in total. The van der Waals surface area contributed by atoms with Crippen LogP contribution in [0.2, 0.25) is 10.0 Å². The van der Waals surface area contributed by atoms with E-state index in [9.17, 15) is 4.79 Å². The quantitative estimate of drug-likeness (QED) is 0.764. The Bertz CT molecular complexity index is 677. The van der Waals surface area contributed by atoms with Crippen molar-refractivity contribution in [1.29, 1.82) is 0 Å². The number of benzene rings is 2. The zero-order valence-corrected chi connectivity index (χ0v) is 14.3. The molecule has 3 nitrogen and oxygen atoms in total. The Morgan fingerprint density at radius 3 is 2.62 bits per heavy atom. The van der Waals surface area contributed by atoms with Crippen molar-refractivity contribution in [3.05, 3.63) is 56.5 Å². The van der Waals surface area contributed by atoms with Crippen LogP contribution < -0.4 is 10.6 Å². The van der Waals surface area contributed by atoms with Gasteiger partial charge in [0.1, 0.15) is 0 Å². The van der Waals surface area contributed by atoms with E-state index >= 15 is 0 Å². The fourth-order valence-electron chi connectivity index (χ4n) is 1.73. The van der Waals surface area contributed by atoms with Crippen LogP contribution in [0.5, 0.6) is 0 Å². The standard InChI is InChI=1S/C15H13BrCl2N2O/c1-9-2-5-13(11(16)6-9)19-8-15(21)20-14-7-10(17)3-4-12(14)18/h2-7,19H,8H2,1H3,(H,20,21). The average molecular weight is 388 g/mol. The van der Waals surface area contributed by atoms with Gasteiger partial charge in [0.05, 0.1) is 17.3 Å². The summed E-state index contributed by atoms with van der Waals surface area (Å²) in [6.45, 7) is 2.13. The van der Waals surface area contributed by atoms with E-state index in [0.29, 0.717) is 15.7 Å². The fourth-order valence-corrected chi connectivity index (χ4v) is 2.70. The number of hydrogen-bond donors (Lipinski definition) is 2. The van der Waals surface area contributed by atoms with Gasteiger partial charge in [0, 0.05) is 15.2 Å². The molecular formula is C15H13BrCl2N2O. The van der Waals surface area contributed by atoms with Gasteiger partial charge >= 0.3 is 0 Å². The van der Waals surface area contributed by atoms with E-state index in [1.807, 2.05) is 25.1 Å². The second-order valence-corrected chi connectivity index (χ2v) is 6.21. The summed E-state index contributed by atoms with van der Waals surface area (Å²) in [5.74, 6) is -0.202. The Morgan fingerprint density at radius 1 is 1.14 bits per heavy atom. The lowest BCUT2D eigenvalue weighted by Gasteiger charge is -2.11. The molecule has 0 saturated heterocycles. The lowest BCUT2D eigenvalue weighted by molar-refractivity contribution is -0.114. The minimum absolute atomic E-state index is 0.129. The summed E-state index contributed by atoms with van der Waals surface area (Å²) in [6.07, 6.45) is 0. The fraction of sp³-hybridized carbons (Fsp3) is 0.133. The molecule has 0 aliphatic heterocycles. The summed E-state index contributed by atoms with van der Waals surface area (Å²) in [5.41, 5.74) is 2.49. The highest BCUT2D eigenvalue weighted by atomic mass is 79.9. The van der Waals surface area contributed by atoms with E-state index in [-0.39, 0.29) is 12.5 Å². The molecule has 0 unspecified atom stereocenters. The van der Waals surface area contributed by atoms with E-state index in [4.69, 9.17) is 23.2 Å². The van der Waals surface area contributed by atoms with Gasteiger partial charge in [0.15, 0.2) is 0 Å². The third-order valence-electron chi connectivity index (χ3n) is 2.77. The van der Waals surface area contributed by atoms with Crippen molar-refractivity contribution >= 4 is 56.4 Å². The molecule has 0 fully saturated rings. The van der Waals surface area contributed by atoms with Gasteiger partial charge < -0.3 is 10.6 Å². The van der Waals surface area contributed by atoms with Crippen molar-refractivity contribution in [3.63, 3.8) is 0 Å². The summed E-state index contributed by atoms with van der Waals surface area (Å²) < 4.78 is 0.913. The van der Waals surface area contributed by atoms with E-state index in [2.05, 4.69) is 26.6 Å². The molecule has 21 heavy (non-hydrogen) atoms. The molecule has 0 bridgehead atoms. The molecular weight excluding hydrogens is 375 g/mol. The summed E-state index contributed by atoms with van der Waals surface area (Å²) in [7, 11) is 0. The molecule has 110 valence electrons. The Balaban J connectivity index is 1.97. The molecule has 0 aliphatic rings. The molecule has 1 amide bonds. The highest BCUT2D eigenvalue weighted by Crippen LogP contribution is 2.26. The van der Waals surface area contributed by atoms with E-state index in [0.717, 1.165) is 15.7 Å². The minimum Gasteiger partial charge on any atom is -0.375 e. The number of carbonyl (C=O) groups excluding carboxylic acids is 1. The molecule has 2 rings (SSSR count). The van der Waals surface area contributed by atoms with Gasteiger partial charge in [-0.3, -0.25) is 4.79 Å². The van der Waals surface area contributed by atoms with Crippen molar-refractivity contribution in [3.8, 4) is 0 Å². The molecule has 2 aromatic rings. The number of rotatable bonds is 4. The topological polar surface area (TPSA) is 41.1 Å². The van der Waals surface area contributed by atoms with Crippen molar-refractivity contribution in [2.75, 3.05) is 17.2 Å². The maximum absolute atomic E-state index is 11.9. The molecule has 2 aromatic carbocycles. The summed E-state index contributed by atoms with van der Waals surface area (Å²) in [4.78, 5) is 11.9. The van der Waals surface area contributed by atoms with Gasteiger partial charge in [-0.2, -0.15) is 0 Å². The predicted molar refractivity (Wildman–Crippen MR) is 92.5 cm³/mol. The van der Waals surface area contributed by atoms with Crippen LogP contribution >= 0.6 is 39.1 Å². The maximum atomic E-state index is 11.9. The van der Waals surface area contributed by atoms with Crippen LogP contribution in [0.4, 0.5) is 11.4 Å². The summed E-state index contributed by atoms with van der Waals surface area (Å²) >= 11 is 15.3. The van der Waals surface area contributed by atoms with Gasteiger partial charge in [-0.15, -0.1) is 0 Å². The first-order chi connectivity index (χ1) is 9.95. The molecule has 0 aliphatic carbocycles. The molecule has 0 atom stereocenters. The zero-order valence-electron chi connectivity index (χ0n) is 11.2. The van der Waals surface area contributed by atoms with Gasteiger partial charge in [-0.1, -0.05) is 29.3 Å². The van der Waals surface area contributed by atoms with Gasteiger partial charge in [-0.05, 0) is 58.7 Å². The molecule has 0 radical (unpaired) electrons. The number of halogens is 3. The Kier molecular flexibility index (Phi) is 5.51. The van der Waals surface area contributed by atoms with Gasteiger partial charge in [-0.25, -0.2) is 0 Å². The van der Waals surface area contributed by atoms with Crippen LogP contribution in [0, 0.1) is 6.92 Å². The maximum Gasteiger partial charge on any atom is 0.243 e. The molecule has 0 saturated carbocycles. The first kappa shape index (κ1) is 16.1. The predicted octanol–water partition coefficient (Wildman–Crippen LogP) is 5.11. The van der Waals surface area contributed by atoms with Crippen LogP contribution in [0.1, 0.15) is 5.56 Å². The van der Waals surface area contributed by atoms with Crippen LogP contribution in [0.15, 0.2) is 40.9 Å². The highest BCUT2D eigenvalue weighted by Gasteiger charge is 2.07. The zero-order chi connectivity index (χ0) is 15.4. The van der Waals surface area contributed by atoms with Crippen molar-refractivity contribution in [1.82, 2.24) is 0 Å². The lowest BCUT2D eigenvalue weighted by atomic mass is 10.2. The molecule has 6 heteroatoms. The van der Waals surface area contributed by atoms with Crippen LogP contribution in [0.25, 0.3) is 0 Å². The van der Waals surface area contributed by atoms with Gasteiger partial charge in [0.2, 0.25) is 5.91 Å². The SMILES string of the molecule is Cc1ccc(NCC(=O)Nc2cc(Cl)ccc2Cl)c(Br)c1. The largest absolute Gasteiger partial charge is 0.375 e. The van der Waals surface area contributed by atoms with Crippen LogP contribution in [-0.4, -0.2) is 12.5 Å². The Labute approximate surface area is 141 Å². The van der Waals surface area contributed by atoms with Crippen LogP contribution in [0.3, 0.4) is 0 Å². The number of amides is 1. The molecule has 0 heterocycles. The highest BCUT2D eigenvalue weighted by molar-refractivity contribution is 9.10. The first-order valence-electron chi connectivity index (χ1n) is 6.20. The number of aryl methyl sites for hydroxylation is 1. The second kappa shape index (κ2) is 7.16. The monoisotopic (exact) mass is 386 g/mol. The third kappa shape index (κ3) is 4.63. The number of hydrogen-bond acceptors (Lipinski definition) is 2. The minimum atomic E-state index is -0.202. The van der Waals surface area contributed by atoms with Crippen LogP contribution in [-0.2, 0) is 4.79 Å². The van der Waals surface area contributed by atoms with Crippen molar-refractivity contribution in [2.45, 2.75) is 6.92 Å². The summed E-state index contributed by atoms with van der Waals surface area (Å²) in [5, 5.41) is 6.74. The van der Waals surface area contributed by atoms with Gasteiger partial charge in [0.25, 0.3) is 0 Å². The lowest BCUT2D eigenvalue weighted by Crippen LogP contribution is -2.22. The first-order valence-corrected chi connectivity index (χ1v) is 7.75. The number of anilines is 2. The normalized spacial score (nSPS) is 10.3. The molecule has 0 spiro atoms. The van der Waals surface area contributed by atoms with Crippen molar-refractivity contribution < 1.29 is 4.79 Å². The average Bonchev–Trinajstić information content (AvgIpc) is 2.42. The van der Waals surface area contributed by atoms with E-state index in [1.54, 1.807) is 18.2 Å². The summed E-state index contributed by atoms with van der Waals surface area (Å²) in [6, 6.07) is 10.8. The third-order valence-corrected chi connectivity index (χ3v) is 3.99. The van der Waals surface area contributed by atoms with E-state index < -0.39 is 0 Å². The number of carbonyl (C=O) groups is 1.